The number of hydrogen-bond acceptors (Lipinski definition) is 4. The molecule has 4 heteroatoms. The highest BCUT2D eigenvalue weighted by Crippen LogP contribution is 2.21. The smallest absolute Gasteiger partial charge is 0.311 e. The van der Waals surface area contributed by atoms with E-state index in [0.29, 0.717) is 18.8 Å². The van der Waals surface area contributed by atoms with Gasteiger partial charge in [-0.2, -0.15) is 0 Å². The zero-order valence-corrected chi connectivity index (χ0v) is 17.0. The molecule has 152 valence electrons. The van der Waals surface area contributed by atoms with Crippen molar-refractivity contribution in [2.75, 3.05) is 6.61 Å². The van der Waals surface area contributed by atoms with Gasteiger partial charge in [0.05, 0.1) is 6.61 Å². The lowest BCUT2D eigenvalue weighted by Crippen LogP contribution is -2.10. The summed E-state index contributed by atoms with van der Waals surface area (Å²) in [6.07, 6.45) is 9.26. The van der Waals surface area contributed by atoms with Crippen LogP contribution in [0.4, 0.5) is 0 Å². The first-order chi connectivity index (χ1) is 13.7. The number of fused-ring (bicyclic) bond motifs is 1. The molecule has 0 spiro atoms. The third kappa shape index (κ3) is 8.55. The topological polar surface area (TPSA) is 52.6 Å². The molecule has 0 aliphatic rings. The average Bonchev–Trinajstić information content (AvgIpc) is 2.70. The van der Waals surface area contributed by atoms with Crippen LogP contribution in [-0.4, -0.2) is 18.5 Å². The third-order valence-electron chi connectivity index (χ3n) is 4.73. The quantitative estimate of drug-likeness (QED) is 0.234. The standard InChI is InChI=1S/C24H32O4/c1-2-3-4-5-6-7-10-18-27-23(25)14-11-15-24(26)28-22-17-16-20-12-8-9-13-21(20)19-22/h8-9,12-13,16-17,19H,2-7,10-11,14-15,18H2,1H3. The van der Waals surface area contributed by atoms with E-state index in [1.54, 1.807) is 6.07 Å². The summed E-state index contributed by atoms with van der Waals surface area (Å²) in [5.74, 6) is -0.0233. The lowest BCUT2D eigenvalue weighted by atomic mass is 10.1. The van der Waals surface area contributed by atoms with Crippen molar-refractivity contribution in [1.82, 2.24) is 0 Å². The first kappa shape index (κ1) is 21.9. The molecule has 0 aliphatic carbocycles. The number of carbonyl (C=O) groups excluding carboxylic acids is 2. The Labute approximate surface area is 168 Å². The molecule has 0 radical (unpaired) electrons. The maximum atomic E-state index is 12.0. The van der Waals surface area contributed by atoms with Gasteiger partial charge >= 0.3 is 11.9 Å². The zero-order chi connectivity index (χ0) is 20.0. The molecule has 28 heavy (non-hydrogen) atoms. The highest BCUT2D eigenvalue weighted by molar-refractivity contribution is 5.84. The molecule has 4 nitrogen and oxygen atoms in total. The summed E-state index contributed by atoms with van der Waals surface area (Å²) in [5.41, 5.74) is 0. The van der Waals surface area contributed by atoms with Crippen molar-refractivity contribution in [3.8, 4) is 5.75 Å². The Morgan fingerprint density at radius 1 is 0.750 bits per heavy atom. The van der Waals surface area contributed by atoms with Crippen LogP contribution in [0.2, 0.25) is 0 Å². The van der Waals surface area contributed by atoms with E-state index in [1.165, 1.54) is 32.1 Å². The van der Waals surface area contributed by atoms with Gasteiger partial charge in [-0.05, 0) is 35.7 Å². The molecule has 0 amide bonds. The summed E-state index contributed by atoms with van der Waals surface area (Å²) in [7, 11) is 0. The van der Waals surface area contributed by atoms with E-state index >= 15 is 0 Å². The largest absolute Gasteiger partial charge is 0.466 e. The van der Waals surface area contributed by atoms with Gasteiger partial charge in [0.25, 0.3) is 0 Å². The Morgan fingerprint density at radius 3 is 2.21 bits per heavy atom. The molecule has 0 saturated heterocycles. The number of benzene rings is 2. The molecular weight excluding hydrogens is 352 g/mol. The lowest BCUT2D eigenvalue weighted by molar-refractivity contribution is -0.144. The summed E-state index contributed by atoms with van der Waals surface area (Å²) in [5, 5.41) is 2.13. The number of rotatable bonds is 13. The summed E-state index contributed by atoms with van der Waals surface area (Å²) in [6, 6.07) is 13.5. The van der Waals surface area contributed by atoms with Gasteiger partial charge < -0.3 is 9.47 Å². The Balaban J connectivity index is 1.54. The SMILES string of the molecule is CCCCCCCCCOC(=O)CCCC(=O)Oc1ccc2ccccc2c1. The summed E-state index contributed by atoms with van der Waals surface area (Å²) in [4.78, 5) is 23.7. The summed E-state index contributed by atoms with van der Waals surface area (Å²) < 4.78 is 10.6. The van der Waals surface area contributed by atoms with Crippen molar-refractivity contribution >= 4 is 22.7 Å². The minimum absolute atomic E-state index is 0.208. The van der Waals surface area contributed by atoms with E-state index in [2.05, 4.69) is 6.92 Å². The molecule has 0 unspecified atom stereocenters. The molecule has 0 bridgehead atoms. The van der Waals surface area contributed by atoms with Crippen molar-refractivity contribution < 1.29 is 19.1 Å². The first-order valence-electron chi connectivity index (χ1n) is 10.5. The second kappa shape index (κ2) is 12.9. The monoisotopic (exact) mass is 384 g/mol. The molecule has 0 aromatic heterocycles. The zero-order valence-electron chi connectivity index (χ0n) is 17.0. The Kier molecular flexibility index (Phi) is 10.1. The highest BCUT2D eigenvalue weighted by Gasteiger charge is 2.09. The highest BCUT2D eigenvalue weighted by atomic mass is 16.5. The van der Waals surface area contributed by atoms with Crippen LogP contribution in [-0.2, 0) is 14.3 Å². The maximum absolute atomic E-state index is 12.0. The van der Waals surface area contributed by atoms with Gasteiger partial charge in [-0.1, -0.05) is 75.8 Å². The van der Waals surface area contributed by atoms with Gasteiger partial charge in [0.2, 0.25) is 0 Å². The van der Waals surface area contributed by atoms with Crippen LogP contribution >= 0.6 is 0 Å². The van der Waals surface area contributed by atoms with Crippen molar-refractivity contribution in [3.63, 3.8) is 0 Å². The molecule has 0 saturated carbocycles. The molecule has 0 heterocycles. The molecular formula is C24H32O4. The van der Waals surface area contributed by atoms with Crippen LogP contribution in [0.15, 0.2) is 42.5 Å². The fraction of sp³-hybridized carbons (Fsp3) is 0.500. The van der Waals surface area contributed by atoms with Gasteiger partial charge in [-0.3, -0.25) is 9.59 Å². The van der Waals surface area contributed by atoms with E-state index in [4.69, 9.17) is 9.47 Å². The number of unbranched alkanes of at least 4 members (excludes halogenated alkanes) is 6. The number of carbonyl (C=O) groups is 2. The van der Waals surface area contributed by atoms with E-state index in [9.17, 15) is 9.59 Å². The van der Waals surface area contributed by atoms with Crippen LogP contribution in [0.3, 0.4) is 0 Å². The van der Waals surface area contributed by atoms with Crippen molar-refractivity contribution in [3.05, 3.63) is 42.5 Å². The van der Waals surface area contributed by atoms with E-state index < -0.39 is 0 Å². The normalized spacial score (nSPS) is 10.8. The van der Waals surface area contributed by atoms with E-state index in [-0.39, 0.29) is 24.8 Å². The predicted molar refractivity (Wildman–Crippen MR) is 112 cm³/mol. The third-order valence-corrected chi connectivity index (χ3v) is 4.73. The molecule has 0 aliphatic heterocycles. The van der Waals surface area contributed by atoms with Crippen LogP contribution in [0.5, 0.6) is 5.75 Å². The second-order valence-corrected chi connectivity index (χ2v) is 7.18. The Morgan fingerprint density at radius 2 is 1.43 bits per heavy atom. The lowest BCUT2D eigenvalue weighted by Gasteiger charge is -2.06. The first-order valence-corrected chi connectivity index (χ1v) is 10.5. The fourth-order valence-electron chi connectivity index (χ4n) is 3.11. The van der Waals surface area contributed by atoms with Crippen LogP contribution in [0, 0.1) is 0 Å². The summed E-state index contributed by atoms with van der Waals surface area (Å²) in [6.45, 7) is 2.69. The van der Waals surface area contributed by atoms with Gasteiger partial charge in [0.15, 0.2) is 0 Å². The number of hydrogen-bond donors (Lipinski definition) is 0. The Hall–Kier alpha value is -2.36. The average molecular weight is 385 g/mol. The molecule has 2 rings (SSSR count). The molecule has 0 fully saturated rings. The second-order valence-electron chi connectivity index (χ2n) is 7.18. The van der Waals surface area contributed by atoms with E-state index in [0.717, 1.165) is 23.6 Å². The fourth-order valence-corrected chi connectivity index (χ4v) is 3.11. The maximum Gasteiger partial charge on any atom is 0.311 e. The van der Waals surface area contributed by atoms with Gasteiger partial charge in [0.1, 0.15) is 5.75 Å². The van der Waals surface area contributed by atoms with Gasteiger partial charge in [0, 0.05) is 12.8 Å². The minimum Gasteiger partial charge on any atom is -0.466 e. The minimum atomic E-state index is -0.324. The van der Waals surface area contributed by atoms with Gasteiger partial charge in [-0.25, -0.2) is 0 Å². The van der Waals surface area contributed by atoms with Crippen LogP contribution < -0.4 is 4.74 Å². The molecule has 2 aromatic rings. The summed E-state index contributed by atoms with van der Waals surface area (Å²) >= 11 is 0. The van der Waals surface area contributed by atoms with Crippen molar-refractivity contribution in [2.24, 2.45) is 0 Å². The Bertz CT molecular complexity index is 738. The number of esters is 2. The van der Waals surface area contributed by atoms with Crippen molar-refractivity contribution in [2.45, 2.75) is 71.1 Å². The molecule has 2 aromatic carbocycles. The number of ether oxygens (including phenoxy) is 2. The molecule has 0 atom stereocenters. The predicted octanol–water partition coefficient (Wildman–Crippen LogP) is 6.21. The van der Waals surface area contributed by atoms with Crippen molar-refractivity contribution in [1.29, 1.82) is 0 Å². The van der Waals surface area contributed by atoms with Crippen LogP contribution in [0.1, 0.15) is 71.1 Å². The molecule has 0 N–H and O–H groups in total. The van der Waals surface area contributed by atoms with Gasteiger partial charge in [-0.15, -0.1) is 0 Å². The van der Waals surface area contributed by atoms with Crippen LogP contribution in [0.25, 0.3) is 10.8 Å². The van der Waals surface area contributed by atoms with E-state index in [1.807, 2.05) is 36.4 Å².